The van der Waals surface area contributed by atoms with Gasteiger partial charge in [-0.3, -0.25) is 4.79 Å². The van der Waals surface area contributed by atoms with Crippen molar-refractivity contribution in [1.82, 2.24) is 10.3 Å². The number of nitrogens with zero attached hydrogens (tertiary/aromatic N) is 1. The maximum absolute atomic E-state index is 11.9. The molecular formula is C13H21N3O. The molecule has 2 N–H and O–H groups in total. The van der Waals surface area contributed by atoms with E-state index in [-0.39, 0.29) is 11.9 Å². The van der Waals surface area contributed by atoms with Gasteiger partial charge in [0.1, 0.15) is 5.69 Å². The van der Waals surface area contributed by atoms with Gasteiger partial charge in [-0.05, 0) is 24.5 Å². The maximum Gasteiger partial charge on any atom is 0.270 e. The predicted molar refractivity (Wildman–Crippen MR) is 70.2 cm³/mol. The van der Waals surface area contributed by atoms with E-state index >= 15 is 0 Å². The van der Waals surface area contributed by atoms with Crippen molar-refractivity contribution in [2.75, 3.05) is 12.4 Å². The number of rotatable bonds is 5. The molecule has 4 nitrogen and oxygen atoms in total. The lowest BCUT2D eigenvalue weighted by Crippen LogP contribution is -2.38. The zero-order valence-corrected chi connectivity index (χ0v) is 10.9. The molecule has 1 aromatic heterocycles. The fourth-order valence-corrected chi connectivity index (χ4v) is 1.66. The summed E-state index contributed by atoms with van der Waals surface area (Å²) < 4.78 is 0. The molecule has 94 valence electrons. The number of hydrogen-bond donors (Lipinski definition) is 2. The molecule has 1 rings (SSSR count). The van der Waals surface area contributed by atoms with Crippen LogP contribution < -0.4 is 10.6 Å². The Kier molecular flexibility index (Phi) is 4.94. The van der Waals surface area contributed by atoms with E-state index in [1.165, 1.54) is 0 Å². The fraction of sp³-hybridized carbons (Fsp3) is 0.538. The van der Waals surface area contributed by atoms with Crippen molar-refractivity contribution >= 4 is 11.6 Å². The molecule has 0 saturated heterocycles. The van der Waals surface area contributed by atoms with Crippen LogP contribution in [0.4, 0.5) is 5.69 Å². The third kappa shape index (κ3) is 3.73. The topological polar surface area (TPSA) is 54.0 Å². The van der Waals surface area contributed by atoms with E-state index in [2.05, 4.69) is 36.4 Å². The Balaban J connectivity index is 2.68. The largest absolute Gasteiger partial charge is 0.387 e. The van der Waals surface area contributed by atoms with Crippen LogP contribution in [0, 0.1) is 5.92 Å². The molecule has 0 aliphatic carbocycles. The molecule has 1 atom stereocenters. The van der Waals surface area contributed by atoms with E-state index in [4.69, 9.17) is 0 Å². The lowest BCUT2D eigenvalue weighted by molar-refractivity contribution is 0.0919. The predicted octanol–water partition coefficient (Wildman–Crippen LogP) is 2.29. The Bertz CT molecular complexity index is 359. The number of hydrogen-bond acceptors (Lipinski definition) is 3. The molecule has 17 heavy (non-hydrogen) atoms. The Labute approximate surface area is 103 Å². The van der Waals surface area contributed by atoms with Crippen LogP contribution >= 0.6 is 0 Å². The quantitative estimate of drug-likeness (QED) is 0.823. The zero-order valence-electron chi connectivity index (χ0n) is 10.9. The van der Waals surface area contributed by atoms with Gasteiger partial charge in [-0.1, -0.05) is 20.8 Å². The highest BCUT2D eigenvalue weighted by atomic mass is 16.1. The smallest absolute Gasteiger partial charge is 0.270 e. The van der Waals surface area contributed by atoms with Gasteiger partial charge in [0.15, 0.2) is 0 Å². The number of pyridine rings is 1. The van der Waals surface area contributed by atoms with Crippen LogP contribution in [0.3, 0.4) is 0 Å². The van der Waals surface area contributed by atoms with Crippen LogP contribution in [-0.2, 0) is 0 Å². The van der Waals surface area contributed by atoms with Crippen molar-refractivity contribution < 1.29 is 4.79 Å². The molecule has 1 unspecified atom stereocenters. The molecule has 0 spiro atoms. The second kappa shape index (κ2) is 6.23. The minimum atomic E-state index is -0.104. The van der Waals surface area contributed by atoms with Gasteiger partial charge in [0.05, 0.1) is 11.9 Å². The summed E-state index contributed by atoms with van der Waals surface area (Å²) in [5.41, 5.74) is 1.36. The molecule has 0 fully saturated rings. The molecule has 1 heterocycles. The van der Waals surface area contributed by atoms with Crippen LogP contribution in [0.15, 0.2) is 18.3 Å². The van der Waals surface area contributed by atoms with Gasteiger partial charge in [-0.15, -0.1) is 0 Å². The first-order valence-electron chi connectivity index (χ1n) is 6.03. The van der Waals surface area contributed by atoms with E-state index in [1.807, 2.05) is 13.1 Å². The van der Waals surface area contributed by atoms with Crippen molar-refractivity contribution in [3.05, 3.63) is 24.0 Å². The molecule has 0 saturated carbocycles. The van der Waals surface area contributed by atoms with Gasteiger partial charge < -0.3 is 10.6 Å². The molecule has 0 aliphatic heterocycles. The number of carbonyl (C=O) groups is 1. The second-order valence-electron chi connectivity index (χ2n) is 4.41. The minimum Gasteiger partial charge on any atom is -0.387 e. The maximum atomic E-state index is 11.9. The average Bonchev–Trinajstić information content (AvgIpc) is 2.35. The minimum absolute atomic E-state index is 0.104. The van der Waals surface area contributed by atoms with Gasteiger partial charge in [0, 0.05) is 13.1 Å². The highest BCUT2D eigenvalue weighted by Gasteiger charge is 2.15. The second-order valence-corrected chi connectivity index (χ2v) is 4.41. The molecule has 0 aromatic carbocycles. The molecular weight excluding hydrogens is 214 g/mol. The van der Waals surface area contributed by atoms with E-state index < -0.39 is 0 Å². The molecule has 0 bridgehead atoms. The summed E-state index contributed by atoms with van der Waals surface area (Å²) in [4.78, 5) is 16.0. The highest BCUT2D eigenvalue weighted by molar-refractivity contribution is 5.92. The molecule has 0 aliphatic rings. The van der Waals surface area contributed by atoms with Gasteiger partial charge >= 0.3 is 0 Å². The lowest BCUT2D eigenvalue weighted by atomic mass is 10.0. The number of anilines is 1. The molecule has 0 radical (unpaired) electrons. The van der Waals surface area contributed by atoms with E-state index in [1.54, 1.807) is 12.3 Å². The number of aromatic nitrogens is 1. The van der Waals surface area contributed by atoms with E-state index in [0.717, 1.165) is 12.1 Å². The van der Waals surface area contributed by atoms with Crippen LogP contribution in [0.5, 0.6) is 0 Å². The van der Waals surface area contributed by atoms with Crippen molar-refractivity contribution in [2.24, 2.45) is 5.92 Å². The Morgan fingerprint density at radius 2 is 2.12 bits per heavy atom. The van der Waals surface area contributed by atoms with Crippen LogP contribution in [0.2, 0.25) is 0 Å². The molecule has 4 heteroatoms. The van der Waals surface area contributed by atoms with Crippen molar-refractivity contribution in [3.8, 4) is 0 Å². The van der Waals surface area contributed by atoms with Crippen LogP contribution in [-0.4, -0.2) is 24.0 Å². The van der Waals surface area contributed by atoms with Gasteiger partial charge in [0.2, 0.25) is 0 Å². The first kappa shape index (κ1) is 13.5. The molecule has 1 amide bonds. The van der Waals surface area contributed by atoms with Crippen LogP contribution in [0.25, 0.3) is 0 Å². The van der Waals surface area contributed by atoms with E-state index in [0.29, 0.717) is 11.6 Å². The average molecular weight is 235 g/mol. The SMILES string of the molecule is CCC(NC(=O)c1ccc(NC)cn1)C(C)C. The van der Waals surface area contributed by atoms with Crippen LogP contribution in [0.1, 0.15) is 37.7 Å². The van der Waals surface area contributed by atoms with Crippen molar-refractivity contribution in [1.29, 1.82) is 0 Å². The Hall–Kier alpha value is -1.58. The summed E-state index contributed by atoms with van der Waals surface area (Å²) in [5, 5.41) is 5.97. The summed E-state index contributed by atoms with van der Waals surface area (Å²) in [7, 11) is 1.82. The molecule has 1 aromatic rings. The monoisotopic (exact) mass is 235 g/mol. The lowest BCUT2D eigenvalue weighted by Gasteiger charge is -2.20. The Morgan fingerprint density at radius 3 is 2.53 bits per heavy atom. The normalized spacial score (nSPS) is 12.3. The summed E-state index contributed by atoms with van der Waals surface area (Å²) in [6, 6.07) is 3.78. The first-order chi connectivity index (χ1) is 8.08. The standard InChI is InChI=1S/C13H21N3O/c1-5-11(9(2)3)16-13(17)12-7-6-10(14-4)8-15-12/h6-9,11,14H,5H2,1-4H3,(H,16,17). The summed E-state index contributed by atoms with van der Waals surface area (Å²) in [5.74, 6) is 0.328. The zero-order chi connectivity index (χ0) is 12.8. The van der Waals surface area contributed by atoms with Gasteiger partial charge in [0.25, 0.3) is 5.91 Å². The number of nitrogens with one attached hydrogen (secondary N) is 2. The summed E-state index contributed by atoms with van der Waals surface area (Å²) in [6.45, 7) is 6.28. The van der Waals surface area contributed by atoms with Gasteiger partial charge in [-0.25, -0.2) is 4.98 Å². The van der Waals surface area contributed by atoms with Crippen molar-refractivity contribution in [3.63, 3.8) is 0 Å². The van der Waals surface area contributed by atoms with Crippen molar-refractivity contribution in [2.45, 2.75) is 33.2 Å². The number of carbonyl (C=O) groups excluding carboxylic acids is 1. The third-order valence-electron chi connectivity index (χ3n) is 2.85. The highest BCUT2D eigenvalue weighted by Crippen LogP contribution is 2.08. The fourth-order valence-electron chi connectivity index (χ4n) is 1.66. The van der Waals surface area contributed by atoms with Gasteiger partial charge in [-0.2, -0.15) is 0 Å². The Morgan fingerprint density at radius 1 is 1.41 bits per heavy atom. The third-order valence-corrected chi connectivity index (χ3v) is 2.85. The summed E-state index contributed by atoms with van der Waals surface area (Å²) in [6.07, 6.45) is 2.59. The van der Waals surface area contributed by atoms with E-state index in [9.17, 15) is 4.79 Å². The number of amides is 1. The first-order valence-corrected chi connectivity index (χ1v) is 6.03. The summed E-state index contributed by atoms with van der Waals surface area (Å²) >= 11 is 0.